The molecule has 2 aliphatic carbocycles. The molecule has 1 heteroatoms. The molecular weight excluding hydrogens is 218 g/mol. The number of benzene rings is 1. The fraction of sp³-hybridized carbons (Fsp3) is 0.647. The molecule has 1 nitrogen and oxygen atoms in total. The van der Waals surface area contributed by atoms with Gasteiger partial charge >= 0.3 is 0 Å². The molecule has 1 saturated heterocycles. The Morgan fingerprint density at radius 1 is 1.22 bits per heavy atom. The predicted molar refractivity (Wildman–Crippen MR) is 74.9 cm³/mol. The SMILES string of the molecule is Cc1cccc2c1C[C@@H]1NCC[C@]23CCCC[C@H]13. The number of hydrogen-bond acceptors (Lipinski definition) is 1. The van der Waals surface area contributed by atoms with E-state index in [0.29, 0.717) is 5.41 Å². The van der Waals surface area contributed by atoms with Crippen LogP contribution in [0.1, 0.15) is 48.8 Å². The molecule has 0 radical (unpaired) electrons. The Hall–Kier alpha value is -0.820. The van der Waals surface area contributed by atoms with Gasteiger partial charge in [0.1, 0.15) is 0 Å². The van der Waals surface area contributed by atoms with E-state index >= 15 is 0 Å². The van der Waals surface area contributed by atoms with E-state index in [9.17, 15) is 0 Å². The first kappa shape index (κ1) is 11.0. The highest BCUT2D eigenvalue weighted by molar-refractivity contribution is 5.45. The highest BCUT2D eigenvalue weighted by atomic mass is 15.0. The zero-order valence-corrected chi connectivity index (χ0v) is 11.3. The minimum atomic E-state index is 0.535. The zero-order valence-electron chi connectivity index (χ0n) is 11.3. The average Bonchev–Trinajstić information content (AvgIpc) is 2.40. The number of fused-ring (bicyclic) bond motifs is 1. The third-order valence-corrected chi connectivity index (χ3v) is 5.93. The van der Waals surface area contributed by atoms with Crippen molar-refractivity contribution in [3.63, 3.8) is 0 Å². The molecule has 3 aliphatic rings. The Morgan fingerprint density at radius 3 is 3.11 bits per heavy atom. The predicted octanol–water partition coefficient (Wildman–Crippen LogP) is 3.34. The van der Waals surface area contributed by atoms with Crippen molar-refractivity contribution in [1.82, 2.24) is 5.32 Å². The summed E-state index contributed by atoms with van der Waals surface area (Å²) in [4.78, 5) is 0. The van der Waals surface area contributed by atoms with Crippen LogP contribution in [0.3, 0.4) is 0 Å². The number of hydrogen-bond donors (Lipinski definition) is 1. The molecular formula is C17H23N. The third-order valence-electron chi connectivity index (χ3n) is 5.93. The Balaban J connectivity index is 1.93. The first-order valence-corrected chi connectivity index (χ1v) is 7.64. The maximum absolute atomic E-state index is 3.81. The van der Waals surface area contributed by atoms with E-state index in [0.717, 1.165) is 12.0 Å². The highest BCUT2D eigenvalue weighted by Gasteiger charge is 2.51. The molecule has 96 valence electrons. The van der Waals surface area contributed by atoms with Gasteiger partial charge in [0.05, 0.1) is 0 Å². The molecule has 1 saturated carbocycles. The van der Waals surface area contributed by atoms with E-state index in [-0.39, 0.29) is 0 Å². The van der Waals surface area contributed by atoms with E-state index in [1.807, 2.05) is 0 Å². The third kappa shape index (κ3) is 1.31. The fourth-order valence-corrected chi connectivity index (χ4v) is 5.13. The molecule has 1 N–H and O–H groups in total. The van der Waals surface area contributed by atoms with Crippen molar-refractivity contribution in [3.8, 4) is 0 Å². The molecule has 4 rings (SSSR count). The molecule has 2 fully saturated rings. The monoisotopic (exact) mass is 241 g/mol. The lowest BCUT2D eigenvalue weighted by Crippen LogP contribution is -2.59. The van der Waals surface area contributed by atoms with Crippen molar-refractivity contribution in [2.24, 2.45) is 5.92 Å². The van der Waals surface area contributed by atoms with Gasteiger partial charge in [0.25, 0.3) is 0 Å². The lowest BCUT2D eigenvalue weighted by molar-refractivity contribution is 0.0796. The molecule has 18 heavy (non-hydrogen) atoms. The first-order valence-electron chi connectivity index (χ1n) is 7.64. The Labute approximate surface area is 110 Å². The summed E-state index contributed by atoms with van der Waals surface area (Å²) >= 11 is 0. The summed E-state index contributed by atoms with van der Waals surface area (Å²) < 4.78 is 0. The van der Waals surface area contributed by atoms with Gasteiger partial charge < -0.3 is 5.32 Å². The van der Waals surface area contributed by atoms with Crippen molar-refractivity contribution in [3.05, 3.63) is 34.9 Å². The van der Waals surface area contributed by atoms with Gasteiger partial charge in [-0.3, -0.25) is 0 Å². The molecule has 2 bridgehead atoms. The van der Waals surface area contributed by atoms with Crippen LogP contribution in [0.15, 0.2) is 18.2 Å². The van der Waals surface area contributed by atoms with Gasteiger partial charge in [0, 0.05) is 11.5 Å². The summed E-state index contributed by atoms with van der Waals surface area (Å²) in [6.07, 6.45) is 8.42. The van der Waals surface area contributed by atoms with Crippen LogP contribution in [0.4, 0.5) is 0 Å². The first-order chi connectivity index (χ1) is 8.81. The largest absolute Gasteiger partial charge is 0.313 e. The van der Waals surface area contributed by atoms with Crippen molar-refractivity contribution >= 4 is 0 Å². The summed E-state index contributed by atoms with van der Waals surface area (Å²) in [5, 5.41) is 3.81. The Kier molecular flexibility index (Phi) is 2.35. The van der Waals surface area contributed by atoms with Crippen molar-refractivity contribution in [1.29, 1.82) is 0 Å². The number of aryl methyl sites for hydroxylation is 1. The van der Waals surface area contributed by atoms with Crippen molar-refractivity contribution < 1.29 is 0 Å². The summed E-state index contributed by atoms with van der Waals surface area (Å²) in [5.41, 5.74) is 5.45. The van der Waals surface area contributed by atoms with Crippen LogP contribution in [-0.4, -0.2) is 12.6 Å². The van der Waals surface area contributed by atoms with Crippen LogP contribution in [-0.2, 0) is 11.8 Å². The van der Waals surface area contributed by atoms with Crippen LogP contribution < -0.4 is 5.32 Å². The molecule has 1 heterocycles. The van der Waals surface area contributed by atoms with E-state index in [4.69, 9.17) is 0 Å². The topological polar surface area (TPSA) is 12.0 Å². The Morgan fingerprint density at radius 2 is 2.17 bits per heavy atom. The van der Waals surface area contributed by atoms with Gasteiger partial charge in [-0.15, -0.1) is 0 Å². The van der Waals surface area contributed by atoms with Gasteiger partial charge in [-0.1, -0.05) is 31.0 Å². The lowest BCUT2D eigenvalue weighted by atomic mass is 9.52. The minimum absolute atomic E-state index is 0.535. The van der Waals surface area contributed by atoms with Gasteiger partial charge in [-0.2, -0.15) is 0 Å². The van der Waals surface area contributed by atoms with Crippen molar-refractivity contribution in [2.45, 2.75) is 56.9 Å². The fourth-order valence-electron chi connectivity index (χ4n) is 5.13. The van der Waals surface area contributed by atoms with Gasteiger partial charge in [-0.25, -0.2) is 0 Å². The van der Waals surface area contributed by atoms with Gasteiger partial charge in [0.15, 0.2) is 0 Å². The van der Waals surface area contributed by atoms with Crippen LogP contribution in [0.25, 0.3) is 0 Å². The number of nitrogens with one attached hydrogen (secondary N) is 1. The van der Waals surface area contributed by atoms with Crippen LogP contribution >= 0.6 is 0 Å². The summed E-state index contributed by atoms with van der Waals surface area (Å²) in [6, 6.07) is 7.79. The summed E-state index contributed by atoms with van der Waals surface area (Å²) in [7, 11) is 0. The molecule has 0 spiro atoms. The lowest BCUT2D eigenvalue weighted by Gasteiger charge is -2.56. The quantitative estimate of drug-likeness (QED) is 0.734. The highest BCUT2D eigenvalue weighted by Crippen LogP contribution is 2.54. The molecule has 1 aromatic rings. The van der Waals surface area contributed by atoms with E-state index in [2.05, 4.69) is 30.4 Å². The molecule has 1 aromatic carbocycles. The normalized spacial score (nSPS) is 37.8. The van der Waals surface area contributed by atoms with E-state index in [1.165, 1.54) is 50.6 Å². The molecule has 0 amide bonds. The van der Waals surface area contributed by atoms with Crippen LogP contribution in [0, 0.1) is 12.8 Å². The second-order valence-corrected chi connectivity index (χ2v) is 6.62. The van der Waals surface area contributed by atoms with Crippen LogP contribution in [0.5, 0.6) is 0 Å². The minimum Gasteiger partial charge on any atom is -0.313 e. The van der Waals surface area contributed by atoms with Crippen LogP contribution in [0.2, 0.25) is 0 Å². The van der Waals surface area contributed by atoms with Gasteiger partial charge in [0.2, 0.25) is 0 Å². The van der Waals surface area contributed by atoms with E-state index in [1.54, 1.807) is 11.1 Å². The standard InChI is InChI=1S/C17H23N/c1-12-5-4-7-14-13(12)11-16-15-6-2-3-8-17(14,15)9-10-18-16/h4-5,7,15-16,18H,2-3,6,8-11H2,1H3/t15-,16+,17-/m1/s1. The van der Waals surface area contributed by atoms with Crippen molar-refractivity contribution in [2.75, 3.05) is 6.54 Å². The summed E-state index contributed by atoms with van der Waals surface area (Å²) in [5.74, 6) is 0.911. The Bertz CT molecular complexity index is 474. The van der Waals surface area contributed by atoms with E-state index < -0.39 is 0 Å². The molecule has 3 atom stereocenters. The molecule has 1 aliphatic heterocycles. The maximum atomic E-state index is 3.81. The molecule has 0 unspecified atom stereocenters. The second-order valence-electron chi connectivity index (χ2n) is 6.62. The van der Waals surface area contributed by atoms with Gasteiger partial charge in [-0.05, 0) is 61.8 Å². The summed E-state index contributed by atoms with van der Waals surface area (Å²) in [6.45, 7) is 3.53. The second kappa shape index (κ2) is 3.84. The zero-order chi connectivity index (χ0) is 12.2. The number of piperidine rings is 1. The molecule has 0 aromatic heterocycles. The average molecular weight is 241 g/mol. The smallest absolute Gasteiger partial charge is 0.0144 e. The maximum Gasteiger partial charge on any atom is 0.0144 e. The number of rotatable bonds is 0.